The maximum Gasteiger partial charge on any atom is 0.123 e. The second-order valence-corrected chi connectivity index (χ2v) is 3.59. The summed E-state index contributed by atoms with van der Waals surface area (Å²) in [6, 6.07) is 3.71. The highest BCUT2D eigenvalue weighted by atomic mass is 16.3. The Morgan fingerprint density at radius 1 is 1.57 bits per heavy atom. The van der Waals surface area contributed by atoms with Gasteiger partial charge < -0.3 is 10.8 Å². The first-order valence-corrected chi connectivity index (χ1v) is 5.11. The number of nitrogen functional groups attached to an aromatic ring is 1. The van der Waals surface area contributed by atoms with Crippen LogP contribution in [0.1, 0.15) is 31.7 Å². The molecule has 0 aliphatic carbocycles. The molecule has 78 valence electrons. The topological polar surface area (TPSA) is 59.1 Å². The zero-order valence-corrected chi connectivity index (χ0v) is 8.61. The molecule has 3 heteroatoms. The van der Waals surface area contributed by atoms with E-state index in [9.17, 15) is 5.11 Å². The highest BCUT2D eigenvalue weighted by Gasteiger charge is 2.04. The minimum Gasteiger partial charge on any atom is -0.393 e. The van der Waals surface area contributed by atoms with Gasteiger partial charge in [0.2, 0.25) is 0 Å². The number of hydrogen-bond acceptors (Lipinski definition) is 3. The lowest BCUT2D eigenvalue weighted by atomic mass is 10.0. The molecule has 1 rings (SSSR count). The van der Waals surface area contributed by atoms with E-state index in [2.05, 4.69) is 11.9 Å². The fraction of sp³-hybridized carbons (Fsp3) is 0.545. The molecule has 1 aromatic heterocycles. The molecular formula is C11H18N2O. The van der Waals surface area contributed by atoms with Crippen molar-refractivity contribution < 1.29 is 5.11 Å². The quantitative estimate of drug-likeness (QED) is 0.750. The Balaban J connectivity index is 2.43. The van der Waals surface area contributed by atoms with Crippen molar-refractivity contribution in [2.75, 3.05) is 5.73 Å². The number of nitrogens with two attached hydrogens (primary N) is 1. The Labute approximate surface area is 85.0 Å². The van der Waals surface area contributed by atoms with Crippen LogP contribution in [0, 0.1) is 0 Å². The third-order valence-corrected chi connectivity index (χ3v) is 2.21. The third-order valence-electron chi connectivity index (χ3n) is 2.21. The van der Waals surface area contributed by atoms with Gasteiger partial charge >= 0.3 is 0 Å². The molecule has 1 heterocycles. The van der Waals surface area contributed by atoms with Crippen molar-refractivity contribution in [2.24, 2.45) is 0 Å². The minimum atomic E-state index is -0.253. The molecule has 3 N–H and O–H groups in total. The summed E-state index contributed by atoms with van der Waals surface area (Å²) in [5, 5.41) is 9.66. The number of aliphatic hydroxyl groups excluding tert-OH is 1. The van der Waals surface area contributed by atoms with E-state index in [4.69, 9.17) is 5.73 Å². The number of anilines is 1. The summed E-state index contributed by atoms with van der Waals surface area (Å²) < 4.78 is 0. The van der Waals surface area contributed by atoms with Gasteiger partial charge in [-0.3, -0.25) is 0 Å². The zero-order valence-electron chi connectivity index (χ0n) is 8.61. The zero-order chi connectivity index (χ0) is 10.4. The van der Waals surface area contributed by atoms with Gasteiger partial charge in [-0.2, -0.15) is 0 Å². The molecule has 0 aliphatic rings. The molecule has 14 heavy (non-hydrogen) atoms. The van der Waals surface area contributed by atoms with E-state index in [1.165, 1.54) is 0 Å². The number of rotatable bonds is 5. The molecule has 0 saturated carbocycles. The average molecular weight is 194 g/mol. The van der Waals surface area contributed by atoms with Gasteiger partial charge in [-0.1, -0.05) is 19.8 Å². The van der Waals surface area contributed by atoms with Crippen LogP contribution in [0.4, 0.5) is 5.82 Å². The van der Waals surface area contributed by atoms with E-state index in [1.54, 1.807) is 6.20 Å². The van der Waals surface area contributed by atoms with Crippen molar-refractivity contribution in [2.45, 2.75) is 38.7 Å². The Hall–Kier alpha value is -1.09. The number of aliphatic hydroxyl groups is 1. The largest absolute Gasteiger partial charge is 0.393 e. The van der Waals surface area contributed by atoms with Crippen LogP contribution in [0.25, 0.3) is 0 Å². The molecule has 0 aliphatic heterocycles. The van der Waals surface area contributed by atoms with Gasteiger partial charge in [-0.15, -0.1) is 0 Å². The monoisotopic (exact) mass is 194 g/mol. The van der Waals surface area contributed by atoms with Crippen LogP contribution in [0.15, 0.2) is 18.3 Å². The average Bonchev–Trinajstić information content (AvgIpc) is 2.15. The standard InChI is InChI=1S/C11H18N2O/c1-2-3-4-10(14)7-9-5-6-13-11(12)8-9/h5-6,8,10,14H,2-4,7H2,1H3,(H2,12,13). The van der Waals surface area contributed by atoms with Crippen LogP contribution in [-0.4, -0.2) is 16.2 Å². The number of hydrogen-bond donors (Lipinski definition) is 2. The summed E-state index contributed by atoms with van der Waals surface area (Å²) in [4.78, 5) is 3.91. The highest BCUT2D eigenvalue weighted by molar-refractivity contribution is 5.31. The molecule has 0 saturated heterocycles. The lowest BCUT2D eigenvalue weighted by molar-refractivity contribution is 0.162. The maximum absolute atomic E-state index is 9.66. The molecule has 1 aromatic rings. The minimum absolute atomic E-state index is 0.253. The summed E-state index contributed by atoms with van der Waals surface area (Å²) in [6.07, 6.45) is 5.15. The van der Waals surface area contributed by atoms with Gasteiger partial charge in [-0.25, -0.2) is 4.98 Å². The van der Waals surface area contributed by atoms with Gasteiger partial charge in [0, 0.05) is 6.20 Å². The first-order valence-electron chi connectivity index (χ1n) is 5.11. The molecule has 0 radical (unpaired) electrons. The molecule has 0 amide bonds. The SMILES string of the molecule is CCCCC(O)Cc1ccnc(N)c1. The lowest BCUT2D eigenvalue weighted by Gasteiger charge is -2.09. The summed E-state index contributed by atoms with van der Waals surface area (Å²) in [5.41, 5.74) is 6.60. The van der Waals surface area contributed by atoms with Crippen LogP contribution < -0.4 is 5.73 Å². The summed E-state index contributed by atoms with van der Waals surface area (Å²) in [7, 11) is 0. The predicted molar refractivity (Wildman–Crippen MR) is 57.9 cm³/mol. The smallest absolute Gasteiger partial charge is 0.123 e. The summed E-state index contributed by atoms with van der Waals surface area (Å²) >= 11 is 0. The molecule has 0 fully saturated rings. The molecule has 0 aromatic carbocycles. The number of unbranched alkanes of at least 4 members (excludes halogenated alkanes) is 1. The Morgan fingerprint density at radius 2 is 2.36 bits per heavy atom. The number of aromatic nitrogens is 1. The normalized spacial score (nSPS) is 12.7. The van der Waals surface area contributed by atoms with Gasteiger partial charge in [0.1, 0.15) is 5.82 Å². The summed E-state index contributed by atoms with van der Waals surface area (Å²) in [6.45, 7) is 2.12. The van der Waals surface area contributed by atoms with E-state index >= 15 is 0 Å². The maximum atomic E-state index is 9.66. The molecule has 3 nitrogen and oxygen atoms in total. The predicted octanol–water partition coefficient (Wildman–Crippen LogP) is 1.76. The first kappa shape index (κ1) is 11.0. The molecular weight excluding hydrogens is 176 g/mol. The van der Waals surface area contributed by atoms with E-state index in [1.807, 2.05) is 12.1 Å². The Bertz CT molecular complexity index is 276. The molecule has 1 unspecified atom stereocenters. The second kappa shape index (κ2) is 5.60. The second-order valence-electron chi connectivity index (χ2n) is 3.59. The Morgan fingerprint density at radius 3 is 3.00 bits per heavy atom. The van der Waals surface area contributed by atoms with E-state index in [0.29, 0.717) is 12.2 Å². The van der Waals surface area contributed by atoms with Gasteiger partial charge in [0.15, 0.2) is 0 Å². The van der Waals surface area contributed by atoms with Crippen LogP contribution in [-0.2, 0) is 6.42 Å². The number of pyridine rings is 1. The van der Waals surface area contributed by atoms with Crippen LogP contribution in [0.3, 0.4) is 0 Å². The fourth-order valence-electron chi connectivity index (χ4n) is 1.44. The Kier molecular flexibility index (Phi) is 4.40. The van der Waals surface area contributed by atoms with E-state index < -0.39 is 0 Å². The summed E-state index contributed by atoms with van der Waals surface area (Å²) in [5.74, 6) is 0.519. The molecule has 1 atom stereocenters. The van der Waals surface area contributed by atoms with Crippen molar-refractivity contribution in [3.8, 4) is 0 Å². The highest BCUT2D eigenvalue weighted by Crippen LogP contribution is 2.10. The molecule has 0 spiro atoms. The van der Waals surface area contributed by atoms with Gasteiger partial charge in [0.05, 0.1) is 6.10 Å². The van der Waals surface area contributed by atoms with Gasteiger partial charge in [-0.05, 0) is 30.5 Å². The van der Waals surface area contributed by atoms with Crippen molar-refractivity contribution in [1.29, 1.82) is 0 Å². The van der Waals surface area contributed by atoms with Crippen molar-refractivity contribution in [3.63, 3.8) is 0 Å². The lowest BCUT2D eigenvalue weighted by Crippen LogP contribution is -2.10. The van der Waals surface area contributed by atoms with Crippen molar-refractivity contribution in [3.05, 3.63) is 23.9 Å². The van der Waals surface area contributed by atoms with Crippen molar-refractivity contribution in [1.82, 2.24) is 4.98 Å². The third kappa shape index (κ3) is 3.75. The van der Waals surface area contributed by atoms with Crippen molar-refractivity contribution >= 4 is 5.82 Å². The van der Waals surface area contributed by atoms with Crippen LogP contribution in [0.2, 0.25) is 0 Å². The van der Waals surface area contributed by atoms with Crippen LogP contribution >= 0.6 is 0 Å². The first-order chi connectivity index (χ1) is 6.72. The molecule has 0 bridgehead atoms. The van der Waals surface area contributed by atoms with Crippen LogP contribution in [0.5, 0.6) is 0 Å². The van der Waals surface area contributed by atoms with Gasteiger partial charge in [0.25, 0.3) is 0 Å². The number of nitrogens with zero attached hydrogens (tertiary/aromatic N) is 1. The fourth-order valence-corrected chi connectivity index (χ4v) is 1.44. The van der Waals surface area contributed by atoms with E-state index in [0.717, 1.165) is 24.8 Å². The van der Waals surface area contributed by atoms with E-state index in [-0.39, 0.29) is 6.10 Å².